The Morgan fingerprint density at radius 2 is 2.05 bits per heavy atom. The van der Waals surface area contributed by atoms with Crippen LogP contribution in [-0.4, -0.2) is 54.4 Å². The molecular weight excluding hydrogens is 259 g/mol. The van der Waals surface area contributed by atoms with Gasteiger partial charge in [-0.2, -0.15) is 0 Å². The summed E-state index contributed by atoms with van der Waals surface area (Å²) in [5.41, 5.74) is 1.16. The normalized spacial score (nSPS) is 18.9. The SMILES string of the molecule is CC(O)c1c(F)cccc1N1CCCN(CCO)CC1. The summed E-state index contributed by atoms with van der Waals surface area (Å²) in [6.45, 7) is 5.85. The number of aliphatic hydroxyl groups excluding tert-OH is 2. The van der Waals surface area contributed by atoms with Gasteiger partial charge in [0, 0.05) is 37.4 Å². The molecule has 1 fully saturated rings. The molecule has 4 nitrogen and oxygen atoms in total. The molecule has 0 spiro atoms. The van der Waals surface area contributed by atoms with Crippen molar-refractivity contribution in [3.8, 4) is 0 Å². The quantitative estimate of drug-likeness (QED) is 0.876. The average Bonchev–Trinajstić information content (AvgIpc) is 2.64. The summed E-state index contributed by atoms with van der Waals surface area (Å²) in [6, 6.07) is 4.95. The Bertz CT molecular complexity index is 440. The second-order valence-electron chi connectivity index (χ2n) is 5.25. The largest absolute Gasteiger partial charge is 0.395 e. The number of nitrogens with zero attached hydrogens (tertiary/aromatic N) is 2. The van der Waals surface area contributed by atoms with Gasteiger partial charge in [0.15, 0.2) is 0 Å². The fraction of sp³-hybridized carbons (Fsp3) is 0.600. The van der Waals surface area contributed by atoms with Crippen molar-refractivity contribution in [2.45, 2.75) is 19.4 Å². The number of aliphatic hydroxyl groups is 2. The third-order valence-electron chi connectivity index (χ3n) is 3.79. The fourth-order valence-electron chi connectivity index (χ4n) is 2.79. The number of β-amino-alcohol motifs (C(OH)–C–C–N with tert-alkyl or cyclic N) is 1. The van der Waals surface area contributed by atoms with Crippen LogP contribution in [0, 0.1) is 5.82 Å². The van der Waals surface area contributed by atoms with E-state index < -0.39 is 6.10 Å². The molecule has 1 atom stereocenters. The van der Waals surface area contributed by atoms with Crippen molar-refractivity contribution >= 4 is 5.69 Å². The Morgan fingerprint density at radius 1 is 1.25 bits per heavy atom. The van der Waals surface area contributed by atoms with Crippen molar-refractivity contribution < 1.29 is 14.6 Å². The third kappa shape index (κ3) is 3.48. The van der Waals surface area contributed by atoms with E-state index in [9.17, 15) is 9.50 Å². The van der Waals surface area contributed by atoms with Gasteiger partial charge < -0.3 is 15.1 Å². The monoisotopic (exact) mass is 282 g/mol. The Balaban J connectivity index is 2.17. The first kappa shape index (κ1) is 15.2. The minimum Gasteiger partial charge on any atom is -0.395 e. The van der Waals surface area contributed by atoms with Crippen molar-refractivity contribution in [2.75, 3.05) is 44.2 Å². The highest BCUT2D eigenvalue weighted by Gasteiger charge is 2.20. The lowest BCUT2D eigenvalue weighted by Gasteiger charge is -2.27. The van der Waals surface area contributed by atoms with Crippen LogP contribution in [-0.2, 0) is 0 Å². The molecule has 1 aliphatic rings. The maximum Gasteiger partial charge on any atom is 0.131 e. The van der Waals surface area contributed by atoms with E-state index in [2.05, 4.69) is 9.80 Å². The molecule has 1 aromatic rings. The highest BCUT2D eigenvalue weighted by molar-refractivity contribution is 5.55. The van der Waals surface area contributed by atoms with Crippen molar-refractivity contribution in [3.63, 3.8) is 0 Å². The first-order chi connectivity index (χ1) is 9.63. The van der Waals surface area contributed by atoms with Crippen LogP contribution in [0.3, 0.4) is 0 Å². The van der Waals surface area contributed by atoms with Crippen molar-refractivity contribution in [2.24, 2.45) is 0 Å². The van der Waals surface area contributed by atoms with E-state index in [-0.39, 0.29) is 12.4 Å². The van der Waals surface area contributed by atoms with Crippen LogP contribution >= 0.6 is 0 Å². The molecule has 1 unspecified atom stereocenters. The molecule has 112 valence electrons. The van der Waals surface area contributed by atoms with Gasteiger partial charge in [0.25, 0.3) is 0 Å². The van der Waals surface area contributed by atoms with Crippen LogP contribution in [0.1, 0.15) is 25.0 Å². The molecule has 1 saturated heterocycles. The highest BCUT2D eigenvalue weighted by atomic mass is 19.1. The minimum atomic E-state index is -0.817. The van der Waals surface area contributed by atoms with Gasteiger partial charge in [0.2, 0.25) is 0 Å². The topological polar surface area (TPSA) is 46.9 Å². The third-order valence-corrected chi connectivity index (χ3v) is 3.79. The Morgan fingerprint density at radius 3 is 2.75 bits per heavy atom. The van der Waals surface area contributed by atoms with E-state index in [1.165, 1.54) is 6.07 Å². The van der Waals surface area contributed by atoms with E-state index in [0.29, 0.717) is 12.1 Å². The van der Waals surface area contributed by atoms with Crippen LogP contribution < -0.4 is 4.90 Å². The van der Waals surface area contributed by atoms with E-state index >= 15 is 0 Å². The van der Waals surface area contributed by atoms with Gasteiger partial charge in [-0.1, -0.05) is 6.07 Å². The maximum absolute atomic E-state index is 13.9. The lowest BCUT2D eigenvalue weighted by molar-refractivity contribution is 0.194. The number of anilines is 1. The maximum atomic E-state index is 13.9. The molecule has 1 aromatic carbocycles. The van der Waals surface area contributed by atoms with Crippen molar-refractivity contribution in [1.82, 2.24) is 4.90 Å². The summed E-state index contributed by atoms with van der Waals surface area (Å²) in [5, 5.41) is 18.8. The molecule has 5 heteroatoms. The predicted octanol–water partition coefficient (Wildman–Crippen LogP) is 1.38. The van der Waals surface area contributed by atoms with Crippen molar-refractivity contribution in [1.29, 1.82) is 0 Å². The van der Waals surface area contributed by atoms with E-state index in [0.717, 1.165) is 38.3 Å². The molecule has 0 bridgehead atoms. The molecule has 2 rings (SSSR count). The number of halogens is 1. The summed E-state index contributed by atoms with van der Waals surface area (Å²) in [6.07, 6.45) is 0.151. The summed E-state index contributed by atoms with van der Waals surface area (Å²) in [5.74, 6) is -0.353. The molecule has 2 N–H and O–H groups in total. The second kappa shape index (κ2) is 7.02. The van der Waals surface area contributed by atoms with Gasteiger partial charge in [-0.15, -0.1) is 0 Å². The zero-order chi connectivity index (χ0) is 14.5. The van der Waals surface area contributed by atoms with Gasteiger partial charge in [0.05, 0.1) is 12.7 Å². The van der Waals surface area contributed by atoms with Gasteiger partial charge in [-0.3, -0.25) is 4.90 Å². The van der Waals surface area contributed by atoms with Gasteiger partial charge >= 0.3 is 0 Å². The number of hydrogen-bond acceptors (Lipinski definition) is 4. The van der Waals surface area contributed by atoms with Gasteiger partial charge in [0.1, 0.15) is 5.82 Å². The van der Waals surface area contributed by atoms with Gasteiger partial charge in [-0.05, 0) is 32.0 Å². The smallest absolute Gasteiger partial charge is 0.131 e. The molecule has 0 radical (unpaired) electrons. The van der Waals surface area contributed by atoms with Gasteiger partial charge in [-0.25, -0.2) is 4.39 Å². The van der Waals surface area contributed by atoms with E-state index in [1.54, 1.807) is 13.0 Å². The summed E-state index contributed by atoms with van der Waals surface area (Å²) < 4.78 is 13.9. The number of benzene rings is 1. The summed E-state index contributed by atoms with van der Waals surface area (Å²) in [7, 11) is 0. The predicted molar refractivity (Wildman–Crippen MR) is 77.4 cm³/mol. The van der Waals surface area contributed by atoms with Crippen LogP contribution in [0.4, 0.5) is 10.1 Å². The Kier molecular flexibility index (Phi) is 5.34. The van der Waals surface area contributed by atoms with Crippen molar-refractivity contribution in [3.05, 3.63) is 29.6 Å². The highest BCUT2D eigenvalue weighted by Crippen LogP contribution is 2.29. The molecule has 0 amide bonds. The molecule has 0 aromatic heterocycles. The lowest BCUT2D eigenvalue weighted by atomic mass is 10.1. The molecule has 0 saturated carbocycles. The average molecular weight is 282 g/mol. The number of hydrogen-bond donors (Lipinski definition) is 2. The lowest BCUT2D eigenvalue weighted by Crippen LogP contribution is -2.33. The molecule has 1 aliphatic heterocycles. The first-order valence-electron chi connectivity index (χ1n) is 7.18. The Labute approximate surface area is 119 Å². The fourth-order valence-corrected chi connectivity index (χ4v) is 2.79. The Hall–Kier alpha value is -1.17. The van der Waals surface area contributed by atoms with Crippen LogP contribution in [0.5, 0.6) is 0 Å². The summed E-state index contributed by atoms with van der Waals surface area (Å²) in [4.78, 5) is 4.34. The zero-order valence-electron chi connectivity index (χ0n) is 11.9. The minimum absolute atomic E-state index is 0.166. The summed E-state index contributed by atoms with van der Waals surface area (Å²) >= 11 is 0. The standard InChI is InChI=1S/C15H23FN2O2/c1-12(20)15-13(16)4-2-5-14(15)18-7-3-6-17(8-9-18)10-11-19/h2,4-5,12,19-20H,3,6-11H2,1H3. The van der Waals surface area contributed by atoms with Crippen LogP contribution in [0.15, 0.2) is 18.2 Å². The first-order valence-corrected chi connectivity index (χ1v) is 7.18. The molecular formula is C15H23FN2O2. The zero-order valence-corrected chi connectivity index (χ0v) is 11.9. The molecule has 0 aliphatic carbocycles. The molecule has 20 heavy (non-hydrogen) atoms. The van der Waals surface area contributed by atoms with Crippen LogP contribution in [0.2, 0.25) is 0 Å². The number of rotatable bonds is 4. The van der Waals surface area contributed by atoms with E-state index in [1.807, 2.05) is 6.07 Å². The van der Waals surface area contributed by atoms with Crippen LogP contribution in [0.25, 0.3) is 0 Å². The molecule has 1 heterocycles. The second-order valence-corrected chi connectivity index (χ2v) is 5.25. The van der Waals surface area contributed by atoms with E-state index in [4.69, 9.17) is 5.11 Å².